The monoisotopic (exact) mass is 388 g/mol. The highest BCUT2D eigenvalue weighted by Crippen LogP contribution is 2.23. The lowest BCUT2D eigenvalue weighted by Crippen LogP contribution is -1.99. The van der Waals surface area contributed by atoms with E-state index in [4.69, 9.17) is 0 Å². The molecule has 0 aromatic heterocycles. The molecule has 0 nitrogen and oxygen atoms in total. The average Bonchev–Trinajstić information content (AvgIpc) is 2.77. The molecule has 0 amide bonds. The third kappa shape index (κ3) is 10.2. The Morgan fingerprint density at radius 1 is 1.10 bits per heavy atom. The Hall–Kier alpha value is -0.570. The number of hydrogen-bond donors (Lipinski definition) is 0. The van der Waals surface area contributed by atoms with Crippen molar-refractivity contribution in [2.24, 2.45) is 5.92 Å². The van der Waals surface area contributed by atoms with Crippen LogP contribution in [0, 0.1) is 5.92 Å². The molecule has 0 N–H and O–H groups in total. The maximum absolute atomic E-state index is 2.25. The Bertz CT molecular complexity index is 341. The third-order valence-electron chi connectivity index (χ3n) is 2.70. The van der Waals surface area contributed by atoms with Gasteiger partial charge in [0.05, 0.1) is 0 Å². The van der Waals surface area contributed by atoms with Crippen LogP contribution < -0.4 is 0 Å². The summed E-state index contributed by atoms with van der Waals surface area (Å²) in [5.41, 5.74) is 2.76. The van der Waals surface area contributed by atoms with Crippen molar-refractivity contribution in [1.29, 1.82) is 0 Å². The van der Waals surface area contributed by atoms with E-state index >= 15 is 0 Å². The van der Waals surface area contributed by atoms with Gasteiger partial charge in [-0.25, -0.2) is 0 Å². The van der Waals surface area contributed by atoms with Crippen molar-refractivity contribution in [2.45, 2.75) is 54.9 Å². The molecule has 1 aliphatic rings. The van der Waals surface area contributed by atoms with E-state index in [-0.39, 0.29) is 24.0 Å². The van der Waals surface area contributed by atoms with Gasteiger partial charge < -0.3 is 0 Å². The number of halogens is 1. The molecule has 0 aromatic rings. The Kier molecular flexibility index (Phi) is 22.5. The maximum atomic E-state index is 2.25. The number of rotatable bonds is 3. The van der Waals surface area contributed by atoms with Crippen LogP contribution in [0.4, 0.5) is 0 Å². The summed E-state index contributed by atoms with van der Waals surface area (Å²) in [5, 5.41) is 0. The molecule has 0 aromatic carbocycles. The van der Waals surface area contributed by atoms with E-state index in [2.05, 4.69) is 69.4 Å². The molecule has 0 saturated heterocycles. The highest BCUT2D eigenvalue weighted by molar-refractivity contribution is 14.0. The van der Waals surface area contributed by atoms with E-state index in [0.717, 1.165) is 6.42 Å². The largest absolute Gasteiger partial charge is 0.107 e. The first kappa shape index (κ1) is 24.4. The molecule has 1 rings (SSSR count). The SMILES string of the molecule is C/C=C\C(=C/C)C(C)C1=CC=CCC=C1.CC.CC.I. The molecule has 0 bridgehead atoms. The first-order chi connectivity index (χ1) is 9.29. The van der Waals surface area contributed by atoms with Crippen LogP contribution in [0.25, 0.3) is 0 Å². The molecule has 1 heteroatoms. The summed E-state index contributed by atoms with van der Waals surface area (Å²) in [6.45, 7) is 14.4. The molecule has 0 radical (unpaired) electrons. The molecule has 0 aliphatic heterocycles. The van der Waals surface area contributed by atoms with Gasteiger partial charge in [-0.2, -0.15) is 0 Å². The maximum Gasteiger partial charge on any atom is 0.00575 e. The van der Waals surface area contributed by atoms with Crippen molar-refractivity contribution in [3.8, 4) is 0 Å². The summed E-state index contributed by atoms with van der Waals surface area (Å²) in [7, 11) is 0. The van der Waals surface area contributed by atoms with Gasteiger partial charge in [0.1, 0.15) is 0 Å². The van der Waals surface area contributed by atoms with Crippen molar-refractivity contribution in [3.05, 3.63) is 59.8 Å². The van der Waals surface area contributed by atoms with Crippen LogP contribution in [0.15, 0.2) is 59.8 Å². The van der Waals surface area contributed by atoms with Crippen LogP contribution >= 0.6 is 24.0 Å². The molecule has 116 valence electrons. The van der Waals surface area contributed by atoms with Crippen molar-refractivity contribution >= 4 is 24.0 Å². The van der Waals surface area contributed by atoms with Gasteiger partial charge in [-0.05, 0) is 31.4 Å². The molecule has 0 spiro atoms. The van der Waals surface area contributed by atoms with Gasteiger partial charge in [0.25, 0.3) is 0 Å². The smallest absolute Gasteiger partial charge is 0.00575 e. The van der Waals surface area contributed by atoms with E-state index in [9.17, 15) is 0 Å². The van der Waals surface area contributed by atoms with E-state index in [1.807, 2.05) is 27.7 Å². The quantitative estimate of drug-likeness (QED) is 0.353. The molecule has 1 unspecified atom stereocenters. The molecular weight excluding hydrogens is 355 g/mol. The third-order valence-corrected chi connectivity index (χ3v) is 2.70. The molecule has 0 saturated carbocycles. The summed E-state index contributed by atoms with van der Waals surface area (Å²) in [4.78, 5) is 0. The van der Waals surface area contributed by atoms with Gasteiger partial charge in [-0.15, -0.1) is 24.0 Å². The van der Waals surface area contributed by atoms with E-state index in [0.29, 0.717) is 5.92 Å². The van der Waals surface area contributed by atoms with Crippen LogP contribution in [0.5, 0.6) is 0 Å². The predicted octanol–water partition coefficient (Wildman–Crippen LogP) is 7.26. The summed E-state index contributed by atoms with van der Waals surface area (Å²) >= 11 is 0. The molecule has 1 atom stereocenters. The Balaban J connectivity index is -0.000000529. The van der Waals surface area contributed by atoms with E-state index in [1.165, 1.54) is 11.1 Å². The van der Waals surface area contributed by atoms with Crippen LogP contribution in [0.1, 0.15) is 54.9 Å². The second-order valence-corrected chi connectivity index (χ2v) is 3.74. The Morgan fingerprint density at radius 2 is 1.70 bits per heavy atom. The van der Waals surface area contributed by atoms with Crippen LogP contribution in [-0.2, 0) is 0 Å². The van der Waals surface area contributed by atoms with Crippen molar-refractivity contribution in [1.82, 2.24) is 0 Å². The van der Waals surface area contributed by atoms with Gasteiger partial charge in [0, 0.05) is 5.92 Å². The minimum absolute atomic E-state index is 0. The highest BCUT2D eigenvalue weighted by atomic mass is 127. The standard InChI is InChI=1S/C15H20.2C2H6.HI/c1-4-10-14(5-2)13(3)15-11-8-6-7-9-12-15;2*1-2;/h4-6,8-13H,7H2,1-3H3;2*1-2H3;1H/b10-4-,14-5+;;;. The van der Waals surface area contributed by atoms with Crippen LogP contribution in [0.3, 0.4) is 0 Å². The molecule has 20 heavy (non-hydrogen) atoms. The van der Waals surface area contributed by atoms with Gasteiger partial charge in [-0.1, -0.05) is 83.2 Å². The number of allylic oxidation sites excluding steroid dienone is 10. The Morgan fingerprint density at radius 3 is 2.20 bits per heavy atom. The second kappa shape index (κ2) is 18.4. The second-order valence-electron chi connectivity index (χ2n) is 3.74. The zero-order valence-corrected chi connectivity index (χ0v) is 16.6. The summed E-state index contributed by atoms with van der Waals surface area (Å²) in [6.07, 6.45) is 18.5. The zero-order chi connectivity index (χ0) is 15.1. The van der Waals surface area contributed by atoms with Crippen molar-refractivity contribution in [2.75, 3.05) is 0 Å². The fourth-order valence-electron chi connectivity index (χ4n) is 1.76. The van der Waals surface area contributed by atoms with Crippen molar-refractivity contribution < 1.29 is 0 Å². The first-order valence-electron chi connectivity index (χ1n) is 7.61. The zero-order valence-electron chi connectivity index (χ0n) is 14.3. The fraction of sp³-hybridized carbons (Fsp3) is 0.474. The van der Waals surface area contributed by atoms with E-state index in [1.54, 1.807) is 0 Å². The summed E-state index contributed by atoms with van der Waals surface area (Å²) in [6, 6.07) is 0. The van der Waals surface area contributed by atoms with Gasteiger partial charge in [0.15, 0.2) is 0 Å². The van der Waals surface area contributed by atoms with Gasteiger partial charge in [0.2, 0.25) is 0 Å². The van der Waals surface area contributed by atoms with Crippen molar-refractivity contribution in [3.63, 3.8) is 0 Å². The average molecular weight is 388 g/mol. The molecule has 0 heterocycles. The summed E-state index contributed by atoms with van der Waals surface area (Å²) < 4.78 is 0. The lowest BCUT2D eigenvalue weighted by Gasteiger charge is -2.13. The molecule has 1 aliphatic carbocycles. The minimum atomic E-state index is 0. The lowest BCUT2D eigenvalue weighted by atomic mass is 9.91. The molecular formula is C19H33I. The van der Waals surface area contributed by atoms with Crippen LogP contribution in [-0.4, -0.2) is 0 Å². The van der Waals surface area contributed by atoms with Crippen LogP contribution in [0.2, 0.25) is 0 Å². The van der Waals surface area contributed by atoms with Gasteiger partial charge in [-0.3, -0.25) is 0 Å². The molecule has 0 fully saturated rings. The first-order valence-corrected chi connectivity index (χ1v) is 7.61. The topological polar surface area (TPSA) is 0 Å². The highest BCUT2D eigenvalue weighted by Gasteiger charge is 2.08. The lowest BCUT2D eigenvalue weighted by molar-refractivity contribution is 0.845. The normalized spacial score (nSPS) is 14.9. The Labute approximate surface area is 144 Å². The number of hydrogen-bond acceptors (Lipinski definition) is 0. The van der Waals surface area contributed by atoms with E-state index < -0.39 is 0 Å². The van der Waals surface area contributed by atoms with Gasteiger partial charge >= 0.3 is 0 Å². The minimum Gasteiger partial charge on any atom is -0.107 e. The predicted molar refractivity (Wildman–Crippen MR) is 107 cm³/mol. The summed E-state index contributed by atoms with van der Waals surface area (Å²) in [5.74, 6) is 0.477. The fourth-order valence-corrected chi connectivity index (χ4v) is 1.76.